The Labute approximate surface area is 149 Å². The summed E-state index contributed by atoms with van der Waals surface area (Å²) in [6, 6.07) is 16.2. The van der Waals surface area contributed by atoms with E-state index < -0.39 is 9.84 Å². The van der Waals surface area contributed by atoms with Crippen LogP contribution in [0.4, 0.5) is 5.69 Å². The van der Waals surface area contributed by atoms with Crippen molar-refractivity contribution in [2.75, 3.05) is 30.8 Å². The summed E-state index contributed by atoms with van der Waals surface area (Å²) >= 11 is 0. The average Bonchev–Trinajstić information content (AvgIpc) is 2.62. The fourth-order valence-electron chi connectivity index (χ4n) is 2.55. The highest BCUT2D eigenvalue weighted by Crippen LogP contribution is 2.13. The molecule has 25 heavy (non-hydrogen) atoms. The van der Waals surface area contributed by atoms with Crippen LogP contribution in [0, 0.1) is 0 Å². The van der Waals surface area contributed by atoms with Gasteiger partial charge in [0.25, 0.3) is 5.91 Å². The molecule has 2 aromatic carbocycles. The molecule has 134 valence electrons. The lowest BCUT2D eigenvalue weighted by atomic mass is 10.2. The molecule has 2 aromatic rings. The number of hydrogen-bond donors (Lipinski definition) is 1. The number of benzene rings is 2. The molecule has 0 unspecified atom stereocenters. The minimum atomic E-state index is -3.32. The van der Waals surface area contributed by atoms with Crippen molar-refractivity contribution < 1.29 is 13.2 Å². The average molecular weight is 360 g/mol. The Balaban J connectivity index is 1.86. The molecule has 0 saturated heterocycles. The van der Waals surface area contributed by atoms with Gasteiger partial charge >= 0.3 is 0 Å². The molecule has 0 spiro atoms. The third-order valence-electron chi connectivity index (χ3n) is 3.92. The number of amides is 1. The second-order valence-electron chi connectivity index (χ2n) is 5.82. The summed E-state index contributed by atoms with van der Waals surface area (Å²) in [5.41, 5.74) is 1.52. The second-order valence-corrected chi connectivity index (χ2v) is 7.84. The predicted molar refractivity (Wildman–Crippen MR) is 101 cm³/mol. The van der Waals surface area contributed by atoms with Crippen molar-refractivity contribution in [3.63, 3.8) is 0 Å². The zero-order valence-corrected chi connectivity index (χ0v) is 15.4. The van der Waals surface area contributed by atoms with Crippen LogP contribution in [0.25, 0.3) is 0 Å². The number of hydrogen-bond acceptors (Lipinski definition) is 4. The van der Waals surface area contributed by atoms with E-state index in [0.717, 1.165) is 31.5 Å². The molecule has 0 atom stereocenters. The van der Waals surface area contributed by atoms with Gasteiger partial charge in [0.05, 0.1) is 4.90 Å². The van der Waals surface area contributed by atoms with E-state index in [-0.39, 0.29) is 10.8 Å². The molecular weight excluding hydrogens is 336 g/mol. The predicted octanol–water partition coefficient (Wildman–Crippen LogP) is 2.74. The molecule has 6 heteroatoms. The molecule has 0 heterocycles. The van der Waals surface area contributed by atoms with E-state index in [1.165, 1.54) is 12.1 Å². The van der Waals surface area contributed by atoms with Crippen LogP contribution < -0.4 is 10.2 Å². The summed E-state index contributed by atoms with van der Waals surface area (Å²) in [6.45, 7) is 4.37. The van der Waals surface area contributed by atoms with E-state index in [2.05, 4.69) is 29.3 Å². The number of carbonyl (C=O) groups excluding carboxylic acids is 1. The van der Waals surface area contributed by atoms with Gasteiger partial charge in [0.2, 0.25) is 0 Å². The van der Waals surface area contributed by atoms with Crippen LogP contribution >= 0.6 is 0 Å². The third-order valence-corrected chi connectivity index (χ3v) is 5.03. The van der Waals surface area contributed by atoms with Gasteiger partial charge < -0.3 is 10.2 Å². The van der Waals surface area contributed by atoms with Crippen LogP contribution in [0.5, 0.6) is 0 Å². The Bertz CT molecular complexity index is 804. The summed E-state index contributed by atoms with van der Waals surface area (Å²) in [7, 11) is -3.32. The number of anilines is 1. The highest BCUT2D eigenvalue weighted by molar-refractivity contribution is 7.90. The Morgan fingerprint density at radius 2 is 1.80 bits per heavy atom. The third kappa shape index (κ3) is 5.60. The van der Waals surface area contributed by atoms with Crippen molar-refractivity contribution in [1.82, 2.24) is 5.32 Å². The molecule has 0 saturated carbocycles. The van der Waals surface area contributed by atoms with Gasteiger partial charge in [0.1, 0.15) is 0 Å². The number of nitrogens with one attached hydrogen (secondary N) is 1. The summed E-state index contributed by atoms with van der Waals surface area (Å²) in [5, 5.41) is 2.85. The van der Waals surface area contributed by atoms with Crippen molar-refractivity contribution in [3.8, 4) is 0 Å². The molecule has 0 aromatic heterocycles. The highest BCUT2D eigenvalue weighted by Gasteiger charge is 2.11. The lowest BCUT2D eigenvalue weighted by Crippen LogP contribution is -2.30. The van der Waals surface area contributed by atoms with Crippen molar-refractivity contribution in [2.24, 2.45) is 0 Å². The van der Waals surface area contributed by atoms with E-state index in [1.807, 2.05) is 18.2 Å². The summed E-state index contributed by atoms with van der Waals surface area (Å²) in [6.07, 6.45) is 1.94. The summed E-state index contributed by atoms with van der Waals surface area (Å²) in [5.74, 6) is -0.256. The quantitative estimate of drug-likeness (QED) is 0.735. The first-order valence-electron chi connectivity index (χ1n) is 8.30. The van der Waals surface area contributed by atoms with Crippen LogP contribution in [0.2, 0.25) is 0 Å². The number of para-hydroxylation sites is 1. The Kier molecular flexibility index (Phi) is 6.58. The molecule has 0 radical (unpaired) electrons. The van der Waals surface area contributed by atoms with E-state index >= 15 is 0 Å². The van der Waals surface area contributed by atoms with Gasteiger partial charge in [-0.15, -0.1) is 0 Å². The molecule has 1 N–H and O–H groups in total. The molecule has 2 rings (SSSR count). The van der Waals surface area contributed by atoms with Crippen LogP contribution in [-0.2, 0) is 9.84 Å². The lowest BCUT2D eigenvalue weighted by molar-refractivity contribution is 0.0953. The zero-order chi connectivity index (χ0) is 18.3. The molecule has 0 aliphatic carbocycles. The van der Waals surface area contributed by atoms with E-state index in [9.17, 15) is 13.2 Å². The molecular formula is C19H24N2O3S. The minimum Gasteiger partial charge on any atom is -0.372 e. The van der Waals surface area contributed by atoms with Crippen molar-refractivity contribution >= 4 is 21.4 Å². The van der Waals surface area contributed by atoms with E-state index in [4.69, 9.17) is 0 Å². The van der Waals surface area contributed by atoms with E-state index in [1.54, 1.807) is 12.1 Å². The molecule has 5 nitrogen and oxygen atoms in total. The largest absolute Gasteiger partial charge is 0.372 e. The Morgan fingerprint density at radius 1 is 1.08 bits per heavy atom. The second kappa shape index (κ2) is 8.67. The monoisotopic (exact) mass is 360 g/mol. The minimum absolute atomic E-state index is 0.154. The number of sulfone groups is 1. The van der Waals surface area contributed by atoms with Crippen molar-refractivity contribution in [3.05, 3.63) is 60.2 Å². The zero-order valence-electron chi connectivity index (χ0n) is 14.6. The van der Waals surface area contributed by atoms with Gasteiger partial charge in [-0.25, -0.2) is 8.42 Å². The lowest BCUT2D eigenvalue weighted by Gasteiger charge is -2.23. The summed E-state index contributed by atoms with van der Waals surface area (Å²) in [4.78, 5) is 14.6. The summed E-state index contributed by atoms with van der Waals surface area (Å²) < 4.78 is 23.1. The first-order valence-corrected chi connectivity index (χ1v) is 10.2. The molecule has 1 amide bonds. The van der Waals surface area contributed by atoms with Crippen molar-refractivity contribution in [1.29, 1.82) is 0 Å². The Hall–Kier alpha value is -2.34. The van der Waals surface area contributed by atoms with Crippen LogP contribution in [0.15, 0.2) is 59.5 Å². The normalized spacial score (nSPS) is 11.1. The Morgan fingerprint density at radius 3 is 2.44 bits per heavy atom. The van der Waals surface area contributed by atoms with Gasteiger partial charge in [-0.05, 0) is 43.7 Å². The van der Waals surface area contributed by atoms with Gasteiger partial charge in [0, 0.05) is 37.1 Å². The maximum Gasteiger partial charge on any atom is 0.251 e. The first kappa shape index (κ1) is 19.0. The van der Waals surface area contributed by atoms with Crippen LogP contribution in [0.1, 0.15) is 23.7 Å². The van der Waals surface area contributed by atoms with E-state index in [0.29, 0.717) is 12.1 Å². The SMILES string of the molecule is CCN(CCCNC(=O)c1cccc(S(C)(=O)=O)c1)c1ccccc1. The number of rotatable bonds is 8. The molecule has 0 bridgehead atoms. The number of carbonyl (C=O) groups is 1. The molecule has 0 aliphatic rings. The van der Waals surface area contributed by atoms with Gasteiger partial charge in [0.15, 0.2) is 9.84 Å². The topological polar surface area (TPSA) is 66.5 Å². The maximum atomic E-state index is 12.2. The molecule has 0 fully saturated rings. The maximum absolute atomic E-state index is 12.2. The van der Waals surface area contributed by atoms with Gasteiger partial charge in [-0.3, -0.25) is 4.79 Å². The standard InChI is InChI=1S/C19H24N2O3S/c1-3-21(17-10-5-4-6-11-17)14-8-13-20-19(22)16-9-7-12-18(15-16)25(2,23)24/h4-7,9-12,15H,3,8,13-14H2,1-2H3,(H,20,22). The smallest absolute Gasteiger partial charge is 0.251 e. The van der Waals surface area contributed by atoms with Crippen LogP contribution in [-0.4, -0.2) is 40.2 Å². The van der Waals surface area contributed by atoms with Crippen molar-refractivity contribution in [2.45, 2.75) is 18.2 Å². The van der Waals surface area contributed by atoms with Gasteiger partial charge in [-0.2, -0.15) is 0 Å². The fourth-order valence-corrected chi connectivity index (χ4v) is 3.22. The van der Waals surface area contributed by atoms with Gasteiger partial charge in [-0.1, -0.05) is 24.3 Å². The molecule has 0 aliphatic heterocycles. The first-order chi connectivity index (χ1) is 11.9. The highest BCUT2D eigenvalue weighted by atomic mass is 32.2. The fraction of sp³-hybridized carbons (Fsp3) is 0.316. The van der Waals surface area contributed by atoms with Crippen LogP contribution in [0.3, 0.4) is 0 Å². The number of nitrogens with zero attached hydrogens (tertiary/aromatic N) is 1.